The Bertz CT molecular complexity index is 1020. The first-order valence-corrected chi connectivity index (χ1v) is 11.5. The molecule has 31 heavy (non-hydrogen) atoms. The number of carbonyl (C=O) groups is 1. The normalized spacial score (nSPS) is 18.7. The van der Waals surface area contributed by atoms with E-state index in [2.05, 4.69) is 5.32 Å². The zero-order valence-electron chi connectivity index (χ0n) is 17.1. The Labute approximate surface area is 188 Å². The van der Waals surface area contributed by atoms with Crippen LogP contribution in [0.4, 0.5) is 17.6 Å². The lowest BCUT2D eigenvalue weighted by Crippen LogP contribution is -2.40. The number of nitrogens with one attached hydrogen (secondary N) is 1. The Hall–Kier alpha value is -1.99. The summed E-state index contributed by atoms with van der Waals surface area (Å²) in [5.41, 5.74) is 0.138. The van der Waals surface area contributed by atoms with Gasteiger partial charge in [-0.2, -0.15) is 24.9 Å². The number of hydrogen-bond acceptors (Lipinski definition) is 2. The predicted octanol–water partition coefficient (Wildman–Crippen LogP) is 6.56. The van der Waals surface area contributed by atoms with Crippen molar-refractivity contribution in [1.29, 1.82) is 0 Å². The van der Waals surface area contributed by atoms with E-state index >= 15 is 0 Å². The molecule has 0 aliphatic heterocycles. The van der Waals surface area contributed by atoms with Crippen molar-refractivity contribution in [2.45, 2.75) is 31.4 Å². The van der Waals surface area contributed by atoms with Gasteiger partial charge in [0.1, 0.15) is 5.82 Å². The molecule has 0 saturated carbocycles. The molecule has 0 fully saturated rings. The van der Waals surface area contributed by atoms with Gasteiger partial charge in [-0.15, -0.1) is 0 Å². The number of amides is 1. The fourth-order valence-corrected chi connectivity index (χ4v) is 4.35. The second-order valence-electron chi connectivity index (χ2n) is 7.60. The molecule has 1 amide bonds. The zero-order valence-corrected chi connectivity index (χ0v) is 18.6. The smallest absolute Gasteiger partial charge is 0.351 e. The minimum absolute atomic E-state index is 0.0563. The molecule has 2 aromatic rings. The number of halogens is 5. The van der Waals surface area contributed by atoms with Crippen LogP contribution in [0.25, 0.3) is 5.57 Å². The summed E-state index contributed by atoms with van der Waals surface area (Å²) in [5.74, 6) is -0.164. The van der Waals surface area contributed by atoms with Crippen molar-refractivity contribution >= 4 is 34.8 Å². The molecule has 1 aliphatic rings. The van der Waals surface area contributed by atoms with Gasteiger partial charge in [0.25, 0.3) is 5.91 Å². The first kappa shape index (κ1) is 23.7. The summed E-state index contributed by atoms with van der Waals surface area (Å²) in [6, 6.07) is 8.24. The number of alkyl halides is 3. The zero-order chi connectivity index (χ0) is 22.8. The van der Waals surface area contributed by atoms with E-state index in [4.69, 9.17) is 11.6 Å². The van der Waals surface area contributed by atoms with E-state index in [0.29, 0.717) is 28.8 Å². The van der Waals surface area contributed by atoms with E-state index in [1.165, 1.54) is 0 Å². The highest BCUT2D eigenvalue weighted by molar-refractivity contribution is 7.98. The van der Waals surface area contributed by atoms with Crippen LogP contribution in [-0.4, -0.2) is 30.6 Å². The molecule has 1 aliphatic carbocycles. The fraction of sp³-hybridized carbons (Fsp3) is 0.348. The number of thioether (sulfide) groups is 1. The standard InChI is InChI=1S/C23H22ClF4NOS/c1-14-11-15(3-5-18(14)21(30)29-9-10-31-2)16-7-8-22(13-16,23(26,27)28)17-4-6-20(25)19(24)12-17/h3-7,11-12H,8-10,13H2,1-2H3,(H,29,30). The molecule has 2 nitrogen and oxygen atoms in total. The molecule has 3 rings (SSSR count). The number of allylic oxidation sites excluding steroid dienone is 2. The minimum Gasteiger partial charge on any atom is -0.351 e. The molecule has 8 heteroatoms. The highest BCUT2D eigenvalue weighted by atomic mass is 35.5. The van der Waals surface area contributed by atoms with Crippen LogP contribution in [0.5, 0.6) is 0 Å². The highest BCUT2D eigenvalue weighted by Gasteiger charge is 2.57. The summed E-state index contributed by atoms with van der Waals surface area (Å²) in [5, 5.41) is 2.50. The van der Waals surface area contributed by atoms with Crippen molar-refractivity contribution in [3.8, 4) is 0 Å². The molecule has 0 saturated heterocycles. The van der Waals surface area contributed by atoms with Gasteiger partial charge >= 0.3 is 6.18 Å². The van der Waals surface area contributed by atoms with Crippen molar-refractivity contribution in [2.75, 3.05) is 18.6 Å². The van der Waals surface area contributed by atoms with E-state index in [1.54, 1.807) is 43.0 Å². The van der Waals surface area contributed by atoms with Crippen LogP contribution >= 0.6 is 23.4 Å². The van der Waals surface area contributed by atoms with E-state index in [9.17, 15) is 22.4 Å². The SMILES string of the molecule is CSCCNC(=O)c1ccc(C2=CCC(c3ccc(F)c(Cl)c3)(C(F)(F)F)C2)cc1C. The molecule has 1 atom stereocenters. The maximum absolute atomic E-state index is 14.2. The molecule has 0 aromatic heterocycles. The number of hydrogen-bond donors (Lipinski definition) is 1. The molecule has 0 radical (unpaired) electrons. The number of rotatable bonds is 6. The monoisotopic (exact) mass is 471 g/mol. The van der Waals surface area contributed by atoms with E-state index in [1.807, 2.05) is 6.26 Å². The van der Waals surface area contributed by atoms with Crippen molar-refractivity contribution in [3.63, 3.8) is 0 Å². The molecular weight excluding hydrogens is 450 g/mol. The summed E-state index contributed by atoms with van der Waals surface area (Å²) in [7, 11) is 0. The average Bonchev–Trinajstić information content (AvgIpc) is 3.17. The van der Waals surface area contributed by atoms with Gasteiger partial charge in [-0.1, -0.05) is 35.9 Å². The summed E-state index contributed by atoms with van der Waals surface area (Å²) < 4.78 is 56.1. The van der Waals surface area contributed by atoms with Gasteiger partial charge in [0, 0.05) is 17.9 Å². The maximum Gasteiger partial charge on any atom is 0.399 e. The minimum atomic E-state index is -4.54. The first-order chi connectivity index (χ1) is 14.6. The lowest BCUT2D eigenvalue weighted by Gasteiger charge is -2.33. The second-order valence-corrected chi connectivity index (χ2v) is 8.99. The van der Waals surface area contributed by atoms with Gasteiger partial charge in [0.15, 0.2) is 0 Å². The Balaban J connectivity index is 1.87. The van der Waals surface area contributed by atoms with Crippen LogP contribution in [0.3, 0.4) is 0 Å². The largest absolute Gasteiger partial charge is 0.399 e. The molecule has 1 unspecified atom stereocenters. The van der Waals surface area contributed by atoms with Crippen LogP contribution in [0.2, 0.25) is 5.02 Å². The van der Waals surface area contributed by atoms with Crippen molar-refractivity contribution < 1.29 is 22.4 Å². The third kappa shape index (κ3) is 4.77. The van der Waals surface area contributed by atoms with E-state index in [-0.39, 0.29) is 29.3 Å². The van der Waals surface area contributed by atoms with Gasteiger partial charge < -0.3 is 5.32 Å². The molecule has 2 aromatic carbocycles. The van der Waals surface area contributed by atoms with Gasteiger partial charge in [-0.05, 0) is 66.5 Å². The highest BCUT2D eigenvalue weighted by Crippen LogP contribution is 2.54. The maximum atomic E-state index is 14.2. The van der Waals surface area contributed by atoms with Crippen molar-refractivity contribution in [2.24, 2.45) is 0 Å². The van der Waals surface area contributed by atoms with Gasteiger partial charge in [-0.25, -0.2) is 4.39 Å². The molecule has 0 bridgehead atoms. The average molecular weight is 472 g/mol. The Kier molecular flexibility index (Phi) is 7.06. The first-order valence-electron chi connectivity index (χ1n) is 9.68. The van der Waals surface area contributed by atoms with Gasteiger partial charge in [0.2, 0.25) is 0 Å². The topological polar surface area (TPSA) is 29.1 Å². The second kappa shape index (κ2) is 9.25. The third-order valence-electron chi connectivity index (χ3n) is 5.64. The van der Waals surface area contributed by atoms with Crippen molar-refractivity contribution in [1.82, 2.24) is 5.32 Å². The van der Waals surface area contributed by atoms with Gasteiger partial charge in [-0.3, -0.25) is 4.79 Å². The van der Waals surface area contributed by atoms with Crippen LogP contribution in [0, 0.1) is 12.7 Å². The van der Waals surface area contributed by atoms with Crippen LogP contribution in [0.15, 0.2) is 42.5 Å². The molecule has 1 N–H and O–H groups in total. The Morgan fingerprint density at radius 1 is 1.23 bits per heavy atom. The van der Waals surface area contributed by atoms with Crippen molar-refractivity contribution in [3.05, 3.63) is 75.6 Å². The number of carbonyl (C=O) groups excluding carboxylic acids is 1. The van der Waals surface area contributed by atoms with Crippen LogP contribution in [-0.2, 0) is 5.41 Å². The lowest BCUT2D eigenvalue weighted by molar-refractivity contribution is -0.187. The molecule has 0 heterocycles. The summed E-state index contributed by atoms with van der Waals surface area (Å²) in [6.45, 7) is 2.31. The third-order valence-corrected chi connectivity index (χ3v) is 6.54. The van der Waals surface area contributed by atoms with E-state index in [0.717, 1.165) is 24.0 Å². The summed E-state index contributed by atoms with van der Waals surface area (Å²) >= 11 is 7.39. The molecular formula is C23H22ClF4NOS. The fourth-order valence-electron chi connectivity index (χ4n) is 3.86. The van der Waals surface area contributed by atoms with E-state index < -0.39 is 17.4 Å². The Morgan fingerprint density at radius 2 is 1.97 bits per heavy atom. The molecule has 166 valence electrons. The summed E-state index contributed by atoms with van der Waals surface area (Å²) in [6.07, 6.45) is -1.57. The van der Waals surface area contributed by atoms with Crippen LogP contribution in [0.1, 0.15) is 39.9 Å². The molecule has 0 spiro atoms. The van der Waals surface area contributed by atoms with Crippen LogP contribution < -0.4 is 5.32 Å². The number of benzene rings is 2. The predicted molar refractivity (Wildman–Crippen MR) is 118 cm³/mol. The Morgan fingerprint density at radius 3 is 2.58 bits per heavy atom. The summed E-state index contributed by atoms with van der Waals surface area (Å²) in [4.78, 5) is 12.3. The van der Waals surface area contributed by atoms with Gasteiger partial charge in [0.05, 0.1) is 10.4 Å². The lowest BCUT2D eigenvalue weighted by atomic mass is 9.76. The number of aryl methyl sites for hydroxylation is 1. The quantitative estimate of drug-likeness (QED) is 0.382.